The summed E-state index contributed by atoms with van der Waals surface area (Å²) in [6.45, 7) is 0. The Morgan fingerprint density at radius 1 is 0.909 bits per heavy atom. The molecule has 0 saturated heterocycles. The van der Waals surface area contributed by atoms with Crippen LogP contribution in [0.1, 0.15) is 29.6 Å². The van der Waals surface area contributed by atoms with Gasteiger partial charge in [0.1, 0.15) is 4.90 Å². The third kappa shape index (κ3) is 5.43. The van der Waals surface area contributed by atoms with E-state index < -0.39 is 16.1 Å². The van der Waals surface area contributed by atoms with Crippen molar-refractivity contribution in [2.45, 2.75) is 23.4 Å². The number of hydrogen-bond acceptors (Lipinski definition) is 4. The minimum Gasteiger partial charge on any atom is -0.302 e. The van der Waals surface area contributed by atoms with E-state index in [4.69, 9.17) is 58.0 Å². The Morgan fingerprint density at radius 2 is 1.61 bits per heavy atom. The van der Waals surface area contributed by atoms with E-state index in [1.807, 2.05) is 12.1 Å². The molecule has 11 heteroatoms. The first-order chi connectivity index (χ1) is 15.7. The van der Waals surface area contributed by atoms with E-state index in [2.05, 4.69) is 15.2 Å². The third-order valence-electron chi connectivity index (χ3n) is 5.14. The van der Waals surface area contributed by atoms with Crippen molar-refractivity contribution in [2.75, 3.05) is 0 Å². The fourth-order valence-electron chi connectivity index (χ4n) is 3.49. The van der Waals surface area contributed by atoms with Gasteiger partial charge in [0.05, 0.1) is 27.8 Å². The van der Waals surface area contributed by atoms with Gasteiger partial charge in [-0.15, -0.1) is 0 Å². The molecule has 1 heterocycles. The van der Waals surface area contributed by atoms with Crippen molar-refractivity contribution in [1.29, 1.82) is 0 Å². The summed E-state index contributed by atoms with van der Waals surface area (Å²) in [6.07, 6.45) is 0.428. The molecular weight excluding hydrogens is 548 g/mol. The summed E-state index contributed by atoms with van der Waals surface area (Å²) in [4.78, 5) is -0.146. The summed E-state index contributed by atoms with van der Waals surface area (Å²) in [7, 11) is -4.10. The fraction of sp³-hybridized carbons (Fsp3) is 0.136. The lowest BCUT2D eigenvalue weighted by Crippen LogP contribution is -2.34. The van der Waals surface area contributed by atoms with E-state index in [9.17, 15) is 8.42 Å². The average Bonchev–Trinajstić information content (AvgIpc) is 3.25. The Hall–Kier alpha value is -1.51. The second-order valence-electron chi connectivity index (χ2n) is 7.31. The van der Waals surface area contributed by atoms with E-state index in [1.54, 1.807) is 30.3 Å². The number of nitrogens with zero attached hydrogens (tertiary/aromatic N) is 1. The van der Waals surface area contributed by atoms with Crippen LogP contribution in [0.25, 0.3) is 0 Å². The van der Waals surface area contributed by atoms with Crippen LogP contribution in [0.5, 0.6) is 0 Å². The zero-order valence-corrected chi connectivity index (χ0v) is 21.3. The van der Waals surface area contributed by atoms with E-state index in [-0.39, 0.29) is 21.0 Å². The van der Waals surface area contributed by atoms with Crippen LogP contribution in [0.4, 0.5) is 0 Å². The molecule has 0 radical (unpaired) electrons. The molecule has 0 aliphatic carbocycles. The van der Waals surface area contributed by atoms with Crippen LogP contribution < -0.4 is 10.1 Å². The minimum atomic E-state index is -4.10. The lowest BCUT2D eigenvalue weighted by molar-refractivity contribution is 0.576. The van der Waals surface area contributed by atoms with Crippen molar-refractivity contribution >= 4 is 73.7 Å². The maximum atomic E-state index is 13.3. The molecule has 0 aromatic heterocycles. The molecule has 2 N–H and O–H groups in total. The quantitative estimate of drug-likeness (QED) is 0.337. The van der Waals surface area contributed by atoms with E-state index in [0.717, 1.165) is 5.56 Å². The Kier molecular flexibility index (Phi) is 7.46. The van der Waals surface area contributed by atoms with Crippen molar-refractivity contribution in [2.24, 2.45) is 5.10 Å². The number of hydrogen-bond donors (Lipinski definition) is 2. The number of sulfonamides is 1. The third-order valence-corrected chi connectivity index (χ3v) is 8.35. The molecule has 172 valence electrons. The molecule has 4 rings (SSSR count). The van der Waals surface area contributed by atoms with E-state index >= 15 is 0 Å². The van der Waals surface area contributed by atoms with Gasteiger partial charge in [0.25, 0.3) is 0 Å². The van der Waals surface area contributed by atoms with Gasteiger partial charge in [0.2, 0.25) is 10.0 Å². The summed E-state index contributed by atoms with van der Waals surface area (Å²) >= 11 is 30.7. The molecule has 0 fully saturated rings. The van der Waals surface area contributed by atoms with Crippen LogP contribution >= 0.6 is 58.0 Å². The van der Waals surface area contributed by atoms with Crippen molar-refractivity contribution in [3.8, 4) is 0 Å². The predicted octanol–water partition coefficient (Wildman–Crippen LogP) is 7.06. The zero-order chi connectivity index (χ0) is 23.8. The standard InChI is InChI=1S/C22H16Cl5N3O2S/c23-13-6-4-12(5-7-13)18-11-19(29-28-18)22(15-9-8-14(24)10-17(15)26)30-33(31,32)20-3-1-2-16(25)21(20)27/h1-10,18,22,28,30H,11H2. The highest BCUT2D eigenvalue weighted by Crippen LogP contribution is 2.35. The molecule has 0 bridgehead atoms. The van der Waals surface area contributed by atoms with Crippen LogP contribution in [0.15, 0.2) is 70.7 Å². The lowest BCUT2D eigenvalue weighted by atomic mass is 9.96. The number of benzene rings is 3. The highest BCUT2D eigenvalue weighted by molar-refractivity contribution is 7.89. The molecule has 2 unspecified atom stereocenters. The largest absolute Gasteiger partial charge is 0.302 e. The molecular formula is C22H16Cl5N3O2S. The maximum Gasteiger partial charge on any atom is 0.243 e. The molecule has 1 aliphatic heterocycles. The summed E-state index contributed by atoms with van der Waals surface area (Å²) < 4.78 is 29.3. The Balaban J connectivity index is 1.70. The molecule has 5 nitrogen and oxygen atoms in total. The molecule has 0 amide bonds. The first-order valence-corrected chi connectivity index (χ1v) is 13.0. The average molecular weight is 564 g/mol. The SMILES string of the molecule is O=S(=O)(NC(C1=NNC(c2ccc(Cl)cc2)C1)c1ccc(Cl)cc1Cl)c1cccc(Cl)c1Cl. The first kappa shape index (κ1) is 24.6. The van der Waals surface area contributed by atoms with Gasteiger partial charge in [-0.1, -0.05) is 82.3 Å². The zero-order valence-electron chi connectivity index (χ0n) is 16.7. The van der Waals surface area contributed by atoms with Gasteiger partial charge in [-0.2, -0.15) is 9.82 Å². The lowest BCUT2D eigenvalue weighted by Gasteiger charge is -2.21. The number of halogens is 5. The monoisotopic (exact) mass is 561 g/mol. The van der Waals surface area contributed by atoms with Gasteiger partial charge in [0.15, 0.2) is 0 Å². The Bertz CT molecular complexity index is 1330. The smallest absolute Gasteiger partial charge is 0.243 e. The molecule has 2 atom stereocenters. The Labute approximate surface area is 216 Å². The maximum absolute atomic E-state index is 13.3. The van der Waals surface area contributed by atoms with Crippen LogP contribution in [-0.4, -0.2) is 14.1 Å². The highest BCUT2D eigenvalue weighted by atomic mass is 35.5. The van der Waals surface area contributed by atoms with Gasteiger partial charge in [0, 0.05) is 21.5 Å². The van der Waals surface area contributed by atoms with Crippen LogP contribution in [0.2, 0.25) is 25.1 Å². The molecule has 3 aromatic rings. The van der Waals surface area contributed by atoms with Crippen molar-refractivity contribution < 1.29 is 8.42 Å². The van der Waals surface area contributed by atoms with Crippen LogP contribution in [0, 0.1) is 0 Å². The molecule has 0 spiro atoms. The van der Waals surface area contributed by atoms with Gasteiger partial charge in [-0.3, -0.25) is 0 Å². The highest BCUT2D eigenvalue weighted by Gasteiger charge is 2.33. The summed E-state index contributed by atoms with van der Waals surface area (Å²) in [5.41, 5.74) is 5.06. The minimum absolute atomic E-state index is 0.0712. The Morgan fingerprint density at radius 3 is 2.30 bits per heavy atom. The molecule has 0 saturated carbocycles. The van der Waals surface area contributed by atoms with Gasteiger partial charge in [-0.25, -0.2) is 8.42 Å². The van der Waals surface area contributed by atoms with Crippen molar-refractivity contribution in [3.05, 3.63) is 96.9 Å². The first-order valence-electron chi connectivity index (χ1n) is 9.64. The summed E-state index contributed by atoms with van der Waals surface area (Å²) in [6, 6.07) is 15.6. The number of nitrogens with one attached hydrogen (secondary N) is 2. The second-order valence-corrected chi connectivity index (χ2v) is 11.1. The van der Waals surface area contributed by atoms with Gasteiger partial charge >= 0.3 is 0 Å². The van der Waals surface area contributed by atoms with E-state index in [0.29, 0.717) is 32.8 Å². The fourth-order valence-corrected chi connectivity index (χ4v) is 6.10. The van der Waals surface area contributed by atoms with Crippen molar-refractivity contribution in [3.63, 3.8) is 0 Å². The van der Waals surface area contributed by atoms with Gasteiger partial charge in [-0.05, 0) is 47.5 Å². The number of hydrazone groups is 1. The van der Waals surface area contributed by atoms with Gasteiger partial charge < -0.3 is 5.43 Å². The normalized spacial score (nSPS) is 16.9. The van der Waals surface area contributed by atoms with E-state index in [1.165, 1.54) is 18.2 Å². The van der Waals surface area contributed by atoms with Crippen LogP contribution in [-0.2, 0) is 10.0 Å². The molecule has 1 aliphatic rings. The summed E-state index contributed by atoms with van der Waals surface area (Å²) in [5, 5.41) is 5.83. The predicted molar refractivity (Wildman–Crippen MR) is 135 cm³/mol. The molecule has 3 aromatic carbocycles. The number of rotatable bonds is 6. The van der Waals surface area contributed by atoms with Crippen LogP contribution in [0.3, 0.4) is 0 Å². The van der Waals surface area contributed by atoms with Crippen molar-refractivity contribution in [1.82, 2.24) is 10.1 Å². The topological polar surface area (TPSA) is 70.6 Å². The summed E-state index contributed by atoms with van der Waals surface area (Å²) in [5.74, 6) is 0. The second kappa shape index (κ2) is 10.0. The molecule has 33 heavy (non-hydrogen) atoms.